The van der Waals surface area contributed by atoms with Crippen LogP contribution in [-0.2, 0) is 16.0 Å². The minimum atomic E-state index is -0.839. The van der Waals surface area contributed by atoms with Crippen LogP contribution in [0.25, 0.3) is 0 Å². The lowest BCUT2D eigenvalue weighted by molar-refractivity contribution is -0.138. The molecule has 0 saturated carbocycles. The van der Waals surface area contributed by atoms with E-state index in [1.807, 2.05) is 36.3 Å². The lowest BCUT2D eigenvalue weighted by atomic mass is 10.2. The molecule has 0 aliphatic carbocycles. The number of amides is 1. The average Bonchev–Trinajstić information content (AvgIpc) is 2.87. The molecule has 1 aromatic heterocycles. The van der Waals surface area contributed by atoms with E-state index in [9.17, 15) is 9.59 Å². The molecule has 0 radical (unpaired) electrons. The number of hydrogen-bond donors (Lipinski definition) is 2. The monoisotopic (exact) mass is 298 g/mol. The van der Waals surface area contributed by atoms with Gasteiger partial charge in [-0.3, -0.25) is 14.5 Å². The van der Waals surface area contributed by atoms with E-state index in [0.717, 1.165) is 6.42 Å². The highest BCUT2D eigenvalue weighted by molar-refractivity contribution is 7.09. The van der Waals surface area contributed by atoms with Crippen molar-refractivity contribution in [2.45, 2.75) is 32.7 Å². The fraction of sp³-hybridized carbons (Fsp3) is 0.571. The van der Waals surface area contributed by atoms with Crippen LogP contribution in [0, 0.1) is 0 Å². The van der Waals surface area contributed by atoms with Crippen LogP contribution in [-0.4, -0.2) is 47.6 Å². The minimum absolute atomic E-state index is 0.0550. The summed E-state index contributed by atoms with van der Waals surface area (Å²) in [6.07, 6.45) is 0.890. The molecule has 0 unspecified atom stereocenters. The lowest BCUT2D eigenvalue weighted by Crippen LogP contribution is -2.42. The van der Waals surface area contributed by atoms with Crippen LogP contribution in [0.3, 0.4) is 0 Å². The van der Waals surface area contributed by atoms with Gasteiger partial charge in [0.2, 0.25) is 5.91 Å². The number of nitrogens with zero attached hydrogens (tertiary/aromatic N) is 1. The fourth-order valence-corrected chi connectivity index (χ4v) is 2.49. The second kappa shape index (κ2) is 8.71. The van der Waals surface area contributed by atoms with Crippen molar-refractivity contribution < 1.29 is 14.7 Å². The maximum atomic E-state index is 11.8. The number of nitrogens with one attached hydrogen (secondary N) is 1. The van der Waals surface area contributed by atoms with E-state index in [1.54, 1.807) is 11.3 Å². The topological polar surface area (TPSA) is 69.6 Å². The first-order valence-electron chi connectivity index (χ1n) is 6.74. The molecule has 0 saturated heterocycles. The van der Waals surface area contributed by atoms with Crippen molar-refractivity contribution in [1.29, 1.82) is 0 Å². The number of thiophene rings is 1. The van der Waals surface area contributed by atoms with Crippen molar-refractivity contribution in [1.82, 2.24) is 10.2 Å². The molecule has 0 fully saturated rings. The first kappa shape index (κ1) is 16.7. The summed E-state index contributed by atoms with van der Waals surface area (Å²) in [7, 11) is 0. The molecule has 5 nitrogen and oxygen atoms in total. The van der Waals surface area contributed by atoms with Crippen LogP contribution in [0.1, 0.15) is 25.1 Å². The van der Waals surface area contributed by atoms with Crippen LogP contribution >= 0.6 is 11.3 Å². The molecular weight excluding hydrogens is 276 g/mol. The zero-order chi connectivity index (χ0) is 15.0. The molecule has 1 aromatic rings. The zero-order valence-corrected chi connectivity index (χ0v) is 12.8. The number of carboxylic acid groups (broad SMARTS) is 1. The molecule has 0 spiro atoms. The fourth-order valence-electron chi connectivity index (χ4n) is 1.78. The molecule has 1 amide bonds. The summed E-state index contributed by atoms with van der Waals surface area (Å²) in [4.78, 5) is 25.5. The molecule has 0 aliphatic rings. The summed E-state index contributed by atoms with van der Waals surface area (Å²) < 4.78 is 0. The first-order valence-corrected chi connectivity index (χ1v) is 7.62. The Morgan fingerprint density at radius 1 is 1.45 bits per heavy atom. The van der Waals surface area contributed by atoms with Crippen LogP contribution in [0.2, 0.25) is 0 Å². The molecule has 6 heteroatoms. The number of rotatable bonds is 9. The standard InChI is InChI=1S/C14H22N2O3S/c1-11(2)16(8-6-14(18)19)10-13(17)15-7-5-12-4-3-9-20-12/h3-4,9,11H,5-8,10H2,1-2H3,(H,15,17)(H,18,19). The molecule has 1 rings (SSSR count). The van der Waals surface area contributed by atoms with Gasteiger partial charge < -0.3 is 10.4 Å². The van der Waals surface area contributed by atoms with Crippen LogP contribution in [0.15, 0.2) is 17.5 Å². The Hall–Kier alpha value is -1.40. The van der Waals surface area contributed by atoms with Gasteiger partial charge in [0.05, 0.1) is 13.0 Å². The van der Waals surface area contributed by atoms with Crippen molar-refractivity contribution in [3.05, 3.63) is 22.4 Å². The van der Waals surface area contributed by atoms with Gasteiger partial charge in [0.15, 0.2) is 0 Å². The minimum Gasteiger partial charge on any atom is -0.481 e. The first-order chi connectivity index (χ1) is 9.49. The van der Waals surface area contributed by atoms with Crippen molar-refractivity contribution in [2.24, 2.45) is 0 Å². The largest absolute Gasteiger partial charge is 0.481 e. The summed E-state index contributed by atoms with van der Waals surface area (Å²) in [5.41, 5.74) is 0. The Kier molecular flexibility index (Phi) is 7.25. The van der Waals surface area contributed by atoms with Crippen molar-refractivity contribution >= 4 is 23.2 Å². The third kappa shape index (κ3) is 6.68. The van der Waals surface area contributed by atoms with E-state index < -0.39 is 5.97 Å². The van der Waals surface area contributed by atoms with Gasteiger partial charge in [-0.2, -0.15) is 0 Å². The molecule has 0 aliphatic heterocycles. The van der Waals surface area contributed by atoms with Crippen LogP contribution < -0.4 is 5.32 Å². The Morgan fingerprint density at radius 2 is 2.20 bits per heavy atom. The third-order valence-electron chi connectivity index (χ3n) is 2.96. The number of carbonyl (C=O) groups excluding carboxylic acids is 1. The normalized spacial score (nSPS) is 11.0. The van der Waals surface area contributed by atoms with Crippen LogP contribution in [0.5, 0.6) is 0 Å². The van der Waals surface area contributed by atoms with Gasteiger partial charge in [-0.1, -0.05) is 6.07 Å². The molecule has 0 bridgehead atoms. The summed E-state index contributed by atoms with van der Waals surface area (Å²) in [6, 6.07) is 4.19. The Labute approximate surface area is 123 Å². The molecule has 0 atom stereocenters. The van der Waals surface area contributed by atoms with E-state index in [2.05, 4.69) is 5.32 Å². The second-order valence-corrected chi connectivity index (χ2v) is 5.92. The van der Waals surface area contributed by atoms with Gasteiger partial charge in [-0.25, -0.2) is 0 Å². The number of carbonyl (C=O) groups is 2. The van der Waals surface area contributed by atoms with Gasteiger partial charge in [0, 0.05) is 24.0 Å². The highest BCUT2D eigenvalue weighted by Gasteiger charge is 2.14. The Morgan fingerprint density at radius 3 is 2.75 bits per heavy atom. The number of aliphatic carboxylic acids is 1. The molecule has 112 valence electrons. The predicted molar refractivity (Wildman–Crippen MR) is 80.0 cm³/mol. The average molecular weight is 298 g/mol. The van der Waals surface area contributed by atoms with Crippen molar-refractivity contribution in [2.75, 3.05) is 19.6 Å². The van der Waals surface area contributed by atoms with Crippen LogP contribution in [0.4, 0.5) is 0 Å². The Bertz CT molecular complexity index is 418. The zero-order valence-electron chi connectivity index (χ0n) is 12.0. The molecule has 2 N–H and O–H groups in total. The van der Waals surface area contributed by atoms with Gasteiger partial charge in [-0.15, -0.1) is 11.3 Å². The van der Waals surface area contributed by atoms with Gasteiger partial charge in [-0.05, 0) is 31.7 Å². The quantitative estimate of drug-likeness (QED) is 0.726. The van der Waals surface area contributed by atoms with Crippen molar-refractivity contribution in [3.8, 4) is 0 Å². The summed E-state index contributed by atoms with van der Waals surface area (Å²) in [5.74, 6) is -0.894. The van der Waals surface area contributed by atoms with Gasteiger partial charge in [0.1, 0.15) is 0 Å². The van der Waals surface area contributed by atoms with E-state index in [0.29, 0.717) is 13.1 Å². The van der Waals surface area contributed by atoms with Crippen molar-refractivity contribution in [3.63, 3.8) is 0 Å². The van der Waals surface area contributed by atoms with E-state index in [1.165, 1.54) is 4.88 Å². The number of hydrogen-bond acceptors (Lipinski definition) is 4. The van der Waals surface area contributed by atoms with Gasteiger partial charge in [0.25, 0.3) is 0 Å². The predicted octanol–water partition coefficient (Wildman–Crippen LogP) is 1.59. The van der Waals surface area contributed by atoms with Gasteiger partial charge >= 0.3 is 5.97 Å². The third-order valence-corrected chi connectivity index (χ3v) is 3.90. The molecular formula is C14H22N2O3S. The molecule has 20 heavy (non-hydrogen) atoms. The smallest absolute Gasteiger partial charge is 0.304 e. The maximum absolute atomic E-state index is 11.8. The maximum Gasteiger partial charge on any atom is 0.304 e. The number of carboxylic acids is 1. The molecule has 0 aromatic carbocycles. The highest BCUT2D eigenvalue weighted by Crippen LogP contribution is 2.08. The van der Waals surface area contributed by atoms with E-state index >= 15 is 0 Å². The summed E-state index contributed by atoms with van der Waals surface area (Å²) >= 11 is 1.68. The Balaban J connectivity index is 2.28. The van der Waals surface area contributed by atoms with E-state index in [-0.39, 0.29) is 24.9 Å². The molecule has 1 heterocycles. The highest BCUT2D eigenvalue weighted by atomic mass is 32.1. The second-order valence-electron chi connectivity index (χ2n) is 4.89. The summed E-state index contributed by atoms with van der Waals surface area (Å²) in [6.45, 7) is 5.17. The summed E-state index contributed by atoms with van der Waals surface area (Å²) in [5, 5.41) is 13.6. The SMILES string of the molecule is CC(C)N(CCC(=O)O)CC(=O)NCCc1cccs1. The van der Waals surface area contributed by atoms with E-state index in [4.69, 9.17) is 5.11 Å². The lowest BCUT2D eigenvalue weighted by Gasteiger charge is -2.25.